The summed E-state index contributed by atoms with van der Waals surface area (Å²) in [6.07, 6.45) is 2.28. The van der Waals surface area contributed by atoms with Crippen molar-refractivity contribution in [3.05, 3.63) is 40.3 Å². The third-order valence-electron chi connectivity index (χ3n) is 3.76. The predicted octanol–water partition coefficient (Wildman–Crippen LogP) is 3.57. The molecule has 8 heteroatoms. The molecule has 2 rings (SSSR count). The Bertz CT molecular complexity index is 742. The van der Waals surface area contributed by atoms with Crippen LogP contribution in [0.4, 0.5) is 5.69 Å². The number of carbonyl (C=O) groups excluding carboxylic acids is 1. The molecule has 1 amide bonds. The summed E-state index contributed by atoms with van der Waals surface area (Å²) >= 11 is 0. The second kappa shape index (κ2) is 8.36. The van der Waals surface area contributed by atoms with Crippen LogP contribution in [-0.4, -0.2) is 32.0 Å². The zero-order valence-corrected chi connectivity index (χ0v) is 14.6. The molecule has 0 aliphatic rings. The molecule has 25 heavy (non-hydrogen) atoms. The highest BCUT2D eigenvalue weighted by atomic mass is 16.6. The molecule has 0 fully saturated rings. The number of non-ortho nitro benzene ring substituents is 1. The first-order valence-corrected chi connectivity index (χ1v) is 8.29. The first-order chi connectivity index (χ1) is 11.9. The van der Waals surface area contributed by atoms with Crippen LogP contribution < -0.4 is 0 Å². The van der Waals surface area contributed by atoms with Crippen molar-refractivity contribution in [2.45, 2.75) is 52.6 Å². The molecule has 0 spiro atoms. The lowest BCUT2D eigenvalue weighted by Gasteiger charge is -2.25. The monoisotopic (exact) mass is 346 g/mol. The van der Waals surface area contributed by atoms with E-state index in [9.17, 15) is 14.9 Å². The second-order valence-corrected chi connectivity index (χ2v) is 6.03. The predicted molar refractivity (Wildman–Crippen MR) is 91.6 cm³/mol. The van der Waals surface area contributed by atoms with E-state index < -0.39 is 4.92 Å². The summed E-state index contributed by atoms with van der Waals surface area (Å²) in [6, 6.07) is 6.01. The number of nitrogens with zero attached hydrogens (tertiary/aromatic N) is 4. The average Bonchev–Trinajstić information content (AvgIpc) is 3.06. The quantitative estimate of drug-likeness (QED) is 0.535. The molecule has 0 unspecified atom stereocenters. The van der Waals surface area contributed by atoms with Crippen LogP contribution in [0.15, 0.2) is 28.7 Å². The number of unbranched alkanes of at least 4 members (excludes halogenated alkanes) is 1. The van der Waals surface area contributed by atoms with Gasteiger partial charge in [-0.05, 0) is 26.3 Å². The number of rotatable bonds is 8. The number of hydrogen-bond acceptors (Lipinski definition) is 6. The maximum absolute atomic E-state index is 12.3. The number of carbonyl (C=O) groups is 1. The largest absolute Gasteiger partial charge is 0.419 e. The second-order valence-electron chi connectivity index (χ2n) is 6.03. The average molecular weight is 346 g/mol. The first-order valence-electron chi connectivity index (χ1n) is 8.29. The standard InChI is InChI=1S/C17H22N4O4/c1-4-5-9-16(22)20(12(2)3)11-15-18-19-17(25-15)13-7-6-8-14(10-13)21(23)24/h6-8,10,12H,4-5,9,11H2,1-3H3. The lowest BCUT2D eigenvalue weighted by molar-refractivity contribution is -0.384. The van der Waals surface area contributed by atoms with Gasteiger partial charge in [-0.25, -0.2) is 0 Å². The normalized spacial score (nSPS) is 10.9. The highest BCUT2D eigenvalue weighted by molar-refractivity contribution is 5.76. The number of nitro benzene ring substituents is 1. The van der Waals surface area contributed by atoms with E-state index in [1.165, 1.54) is 12.1 Å². The van der Waals surface area contributed by atoms with Crippen molar-refractivity contribution in [2.24, 2.45) is 0 Å². The van der Waals surface area contributed by atoms with E-state index in [2.05, 4.69) is 10.2 Å². The molecule has 1 aromatic heterocycles. The molecule has 1 heterocycles. The van der Waals surface area contributed by atoms with Crippen LogP contribution in [0.1, 0.15) is 45.9 Å². The van der Waals surface area contributed by atoms with Crippen LogP contribution in [0.2, 0.25) is 0 Å². The van der Waals surface area contributed by atoms with E-state index in [1.54, 1.807) is 17.0 Å². The molecule has 0 saturated carbocycles. The fraction of sp³-hybridized carbons (Fsp3) is 0.471. The van der Waals surface area contributed by atoms with Crippen molar-refractivity contribution in [1.29, 1.82) is 0 Å². The number of hydrogen-bond donors (Lipinski definition) is 0. The molecule has 0 N–H and O–H groups in total. The highest BCUT2D eigenvalue weighted by Crippen LogP contribution is 2.23. The van der Waals surface area contributed by atoms with Gasteiger partial charge >= 0.3 is 0 Å². The molecule has 0 radical (unpaired) electrons. The summed E-state index contributed by atoms with van der Waals surface area (Å²) in [7, 11) is 0. The lowest BCUT2D eigenvalue weighted by Crippen LogP contribution is -2.36. The van der Waals surface area contributed by atoms with Crippen LogP contribution in [0, 0.1) is 10.1 Å². The molecule has 134 valence electrons. The van der Waals surface area contributed by atoms with Gasteiger partial charge in [0.2, 0.25) is 17.7 Å². The molecule has 2 aromatic rings. The Morgan fingerprint density at radius 2 is 2.12 bits per heavy atom. The maximum atomic E-state index is 12.3. The van der Waals surface area contributed by atoms with Crippen LogP contribution in [-0.2, 0) is 11.3 Å². The minimum absolute atomic E-state index is 0.0116. The third-order valence-corrected chi connectivity index (χ3v) is 3.76. The van der Waals surface area contributed by atoms with Crippen LogP contribution in [0.5, 0.6) is 0 Å². The Morgan fingerprint density at radius 1 is 1.36 bits per heavy atom. The van der Waals surface area contributed by atoms with E-state index in [4.69, 9.17) is 4.42 Å². The van der Waals surface area contributed by atoms with Gasteiger partial charge in [0.15, 0.2) is 0 Å². The zero-order valence-electron chi connectivity index (χ0n) is 14.6. The number of amides is 1. The van der Waals surface area contributed by atoms with Crippen molar-refractivity contribution >= 4 is 11.6 Å². The summed E-state index contributed by atoms with van der Waals surface area (Å²) in [5.74, 6) is 0.551. The Balaban J connectivity index is 2.15. The molecular weight excluding hydrogens is 324 g/mol. The van der Waals surface area contributed by atoms with Gasteiger partial charge in [-0.2, -0.15) is 0 Å². The third kappa shape index (κ3) is 4.85. The fourth-order valence-electron chi connectivity index (χ4n) is 2.36. The van der Waals surface area contributed by atoms with Crippen LogP contribution >= 0.6 is 0 Å². The smallest absolute Gasteiger partial charge is 0.270 e. The van der Waals surface area contributed by atoms with Gasteiger partial charge in [-0.1, -0.05) is 19.4 Å². The van der Waals surface area contributed by atoms with E-state index >= 15 is 0 Å². The molecule has 0 saturated heterocycles. The van der Waals surface area contributed by atoms with E-state index in [1.807, 2.05) is 20.8 Å². The van der Waals surface area contributed by atoms with Crippen molar-refractivity contribution in [3.63, 3.8) is 0 Å². The summed E-state index contributed by atoms with van der Waals surface area (Å²) in [5, 5.41) is 18.8. The summed E-state index contributed by atoms with van der Waals surface area (Å²) in [4.78, 5) is 24.4. The van der Waals surface area contributed by atoms with E-state index in [-0.39, 0.29) is 30.1 Å². The summed E-state index contributed by atoms with van der Waals surface area (Å²) in [6.45, 7) is 6.13. The van der Waals surface area contributed by atoms with Crippen molar-refractivity contribution in [2.75, 3.05) is 0 Å². The van der Waals surface area contributed by atoms with Crippen LogP contribution in [0.25, 0.3) is 11.5 Å². The van der Waals surface area contributed by atoms with Gasteiger partial charge in [-0.15, -0.1) is 10.2 Å². The lowest BCUT2D eigenvalue weighted by atomic mass is 10.2. The van der Waals surface area contributed by atoms with Gasteiger partial charge in [0, 0.05) is 30.2 Å². The highest BCUT2D eigenvalue weighted by Gasteiger charge is 2.20. The SMILES string of the molecule is CCCCC(=O)N(Cc1nnc(-c2cccc([N+](=O)[O-])c2)o1)C(C)C. The Labute approximate surface area is 146 Å². The Hall–Kier alpha value is -2.77. The number of nitro groups is 1. The topological polar surface area (TPSA) is 102 Å². The van der Waals surface area contributed by atoms with Crippen molar-refractivity contribution in [1.82, 2.24) is 15.1 Å². The molecule has 0 atom stereocenters. The number of aromatic nitrogens is 2. The van der Waals surface area contributed by atoms with E-state index in [0.717, 1.165) is 12.8 Å². The molecule has 0 bridgehead atoms. The molecule has 1 aromatic carbocycles. The summed E-state index contributed by atoms with van der Waals surface area (Å²) in [5.41, 5.74) is 0.428. The van der Waals surface area contributed by atoms with Gasteiger partial charge in [-0.3, -0.25) is 14.9 Å². The fourth-order valence-corrected chi connectivity index (χ4v) is 2.36. The summed E-state index contributed by atoms with van der Waals surface area (Å²) < 4.78 is 5.60. The minimum atomic E-state index is -0.478. The Morgan fingerprint density at radius 3 is 2.76 bits per heavy atom. The van der Waals surface area contributed by atoms with Crippen molar-refractivity contribution < 1.29 is 14.1 Å². The van der Waals surface area contributed by atoms with Gasteiger partial charge < -0.3 is 9.32 Å². The van der Waals surface area contributed by atoms with Gasteiger partial charge in [0.1, 0.15) is 0 Å². The Kier molecular flexibility index (Phi) is 6.21. The molecule has 0 aliphatic carbocycles. The first kappa shape index (κ1) is 18.6. The minimum Gasteiger partial charge on any atom is -0.419 e. The number of benzene rings is 1. The van der Waals surface area contributed by atoms with Crippen LogP contribution in [0.3, 0.4) is 0 Å². The van der Waals surface area contributed by atoms with Gasteiger partial charge in [0.25, 0.3) is 5.69 Å². The maximum Gasteiger partial charge on any atom is 0.270 e. The van der Waals surface area contributed by atoms with Crippen molar-refractivity contribution in [3.8, 4) is 11.5 Å². The molecule has 0 aliphatic heterocycles. The zero-order chi connectivity index (χ0) is 18.4. The van der Waals surface area contributed by atoms with Gasteiger partial charge in [0.05, 0.1) is 11.5 Å². The molecular formula is C17H22N4O4. The van der Waals surface area contributed by atoms with E-state index in [0.29, 0.717) is 17.9 Å². The molecule has 8 nitrogen and oxygen atoms in total.